The summed E-state index contributed by atoms with van der Waals surface area (Å²) in [7, 11) is -1.44. The van der Waals surface area contributed by atoms with Crippen molar-refractivity contribution in [1.82, 2.24) is 9.62 Å². The molecular formula is C30H38B2BrFN2O4S2. The van der Waals surface area contributed by atoms with Gasteiger partial charge in [-0.2, -0.15) is 27.0 Å². The smallest absolute Gasteiger partial charge is 0.411 e. The summed E-state index contributed by atoms with van der Waals surface area (Å²) >= 11 is 3.40. The van der Waals surface area contributed by atoms with Gasteiger partial charge in [0.05, 0.1) is 0 Å². The Bertz CT molecular complexity index is 1320. The molecule has 42 heavy (non-hydrogen) atoms. The number of hydrogen-bond acceptors (Lipinski definition) is 4. The van der Waals surface area contributed by atoms with Crippen LogP contribution in [0.25, 0.3) is 11.1 Å². The highest BCUT2D eigenvalue weighted by Gasteiger charge is 2.36. The molecule has 2 heterocycles. The zero-order chi connectivity index (χ0) is 28.8. The molecule has 2 saturated heterocycles. The molecule has 6 nitrogen and oxygen atoms in total. The second-order valence-electron chi connectivity index (χ2n) is 10.5. The molecule has 3 aromatic carbocycles. The quantitative estimate of drug-likeness (QED) is 0.327. The van der Waals surface area contributed by atoms with E-state index in [9.17, 15) is 24.0 Å². The topological polar surface area (TPSA) is 81.1 Å². The van der Waals surface area contributed by atoms with Crippen molar-refractivity contribution in [2.45, 2.75) is 64.3 Å². The summed E-state index contributed by atoms with van der Waals surface area (Å²) < 4.78 is 14.3. The van der Waals surface area contributed by atoms with Gasteiger partial charge in [-0.15, -0.1) is 0 Å². The lowest BCUT2D eigenvalue weighted by molar-refractivity contribution is -0.126. The van der Waals surface area contributed by atoms with Gasteiger partial charge in [0.25, 0.3) is 0 Å². The normalized spacial score (nSPS) is 17.7. The van der Waals surface area contributed by atoms with Crippen molar-refractivity contribution < 1.29 is 24.0 Å². The number of carbonyl (C=O) groups excluding carboxylic acids is 2. The maximum atomic E-state index is 13.3. The largest absolute Gasteiger partial charge is 0.432 e. The van der Waals surface area contributed by atoms with Crippen molar-refractivity contribution in [3.05, 3.63) is 94.2 Å². The third kappa shape index (κ3) is 9.38. The molecule has 5 rings (SSSR count). The van der Waals surface area contributed by atoms with Crippen LogP contribution in [0.2, 0.25) is 13.6 Å². The number of carbonyl (C=O) groups is 2. The maximum absolute atomic E-state index is 13.3. The van der Waals surface area contributed by atoms with E-state index < -0.39 is 14.1 Å². The molecule has 3 aromatic rings. The van der Waals surface area contributed by atoms with Crippen molar-refractivity contribution in [3.63, 3.8) is 0 Å². The van der Waals surface area contributed by atoms with Gasteiger partial charge in [-0.05, 0) is 85.8 Å². The van der Waals surface area contributed by atoms with Crippen LogP contribution in [0.5, 0.6) is 0 Å². The van der Waals surface area contributed by atoms with Gasteiger partial charge in [0.15, 0.2) is 0 Å². The van der Waals surface area contributed by atoms with Gasteiger partial charge in [-0.3, -0.25) is 9.59 Å². The van der Waals surface area contributed by atoms with Crippen LogP contribution in [0.15, 0.2) is 77.3 Å². The molecule has 0 bridgehead atoms. The number of amides is 2. The SMILES string of the molecule is CB(O)N1C(=O)CC[C@H]1Cc1ccc(-c2cccc(F)c2)cc1.CB(O)N1C(=O)CC[C@H]1Cc1ccc(Br)cc1.S.S. The molecule has 0 unspecified atom stereocenters. The molecule has 2 aliphatic rings. The lowest BCUT2D eigenvalue weighted by Gasteiger charge is -2.25. The van der Waals surface area contributed by atoms with Crippen LogP contribution >= 0.6 is 42.9 Å². The molecule has 2 fully saturated rings. The molecule has 2 amide bonds. The lowest BCUT2D eigenvalue weighted by Crippen LogP contribution is -2.44. The van der Waals surface area contributed by atoms with E-state index in [2.05, 4.69) is 15.9 Å². The summed E-state index contributed by atoms with van der Waals surface area (Å²) in [6.07, 6.45) is 4.18. The van der Waals surface area contributed by atoms with Crippen LogP contribution < -0.4 is 0 Å². The second kappa shape index (κ2) is 16.6. The summed E-state index contributed by atoms with van der Waals surface area (Å²) in [5, 5.41) is 19.4. The first-order chi connectivity index (χ1) is 19.1. The monoisotopic (exact) mass is 674 g/mol. The summed E-state index contributed by atoms with van der Waals surface area (Å²) in [4.78, 5) is 26.6. The maximum Gasteiger partial charge on any atom is 0.411 e. The van der Waals surface area contributed by atoms with Gasteiger partial charge in [0.2, 0.25) is 11.8 Å². The Labute approximate surface area is 271 Å². The standard InChI is InChI=1S/C18H19BFNO2.C12H15BBrNO2.2H2S/c1-19(23)21-17(9-10-18(21)22)11-13-5-7-14(8-6-13)15-3-2-4-16(20)12-15;1-13(17)15-11(6-7-12(15)16)8-9-2-4-10(14)5-3-9;;/h2-8,12,17,23H,9-11H2,1H3;2-5,11,17H,6-8H2,1H3;2*1H2/t17-;11-;;/m00../s1. The lowest BCUT2D eigenvalue weighted by atomic mass is 9.83. The Kier molecular flexibility index (Phi) is 14.2. The third-order valence-corrected chi connectivity index (χ3v) is 8.05. The van der Waals surface area contributed by atoms with Crippen molar-refractivity contribution in [3.8, 4) is 11.1 Å². The zero-order valence-electron chi connectivity index (χ0n) is 23.8. The van der Waals surface area contributed by atoms with E-state index in [1.54, 1.807) is 29.3 Å². The number of halogens is 2. The molecule has 2 atom stereocenters. The summed E-state index contributed by atoms with van der Waals surface area (Å²) in [5.41, 5.74) is 4.11. The van der Waals surface area contributed by atoms with Crippen LogP contribution in [0.3, 0.4) is 0 Å². The first-order valence-corrected chi connectivity index (χ1v) is 14.5. The second-order valence-corrected chi connectivity index (χ2v) is 11.4. The highest BCUT2D eigenvalue weighted by atomic mass is 79.9. The Hall–Kier alpha value is -2.24. The number of rotatable bonds is 7. The fraction of sp³-hybridized carbons (Fsp3) is 0.333. The fourth-order valence-electron chi connectivity index (χ4n) is 5.62. The van der Waals surface area contributed by atoms with Crippen LogP contribution in [0.1, 0.15) is 36.8 Å². The Morgan fingerprint density at radius 1 is 0.762 bits per heavy atom. The molecule has 0 aromatic heterocycles. The van der Waals surface area contributed by atoms with Crippen molar-refractivity contribution >= 4 is 68.8 Å². The third-order valence-electron chi connectivity index (χ3n) is 7.52. The van der Waals surface area contributed by atoms with Crippen molar-refractivity contribution in [1.29, 1.82) is 0 Å². The van der Waals surface area contributed by atoms with E-state index in [4.69, 9.17) is 0 Å². The van der Waals surface area contributed by atoms with Crippen molar-refractivity contribution in [2.24, 2.45) is 0 Å². The molecular weight excluding hydrogens is 637 g/mol. The van der Waals surface area contributed by atoms with Gasteiger partial charge in [0, 0.05) is 29.4 Å². The van der Waals surface area contributed by atoms with Gasteiger partial charge in [0.1, 0.15) is 5.82 Å². The molecule has 0 saturated carbocycles. The van der Waals surface area contributed by atoms with Gasteiger partial charge in [-0.1, -0.05) is 64.5 Å². The fourth-order valence-corrected chi connectivity index (χ4v) is 5.88. The van der Waals surface area contributed by atoms with Gasteiger partial charge < -0.3 is 19.7 Å². The molecule has 2 aliphatic heterocycles. The summed E-state index contributed by atoms with van der Waals surface area (Å²) in [6, 6.07) is 22.7. The average molecular weight is 675 g/mol. The van der Waals surface area contributed by atoms with E-state index in [0.717, 1.165) is 46.8 Å². The van der Waals surface area contributed by atoms with Crippen LogP contribution in [0.4, 0.5) is 4.39 Å². The molecule has 224 valence electrons. The first-order valence-electron chi connectivity index (χ1n) is 13.7. The Balaban J connectivity index is 0.000000292. The van der Waals surface area contributed by atoms with E-state index in [1.165, 1.54) is 17.7 Å². The van der Waals surface area contributed by atoms with Gasteiger partial charge in [-0.25, -0.2) is 4.39 Å². The van der Waals surface area contributed by atoms with E-state index in [0.29, 0.717) is 12.8 Å². The first kappa shape index (κ1) is 36.0. The van der Waals surface area contributed by atoms with E-state index >= 15 is 0 Å². The average Bonchev–Trinajstić information content (AvgIpc) is 3.47. The minimum absolute atomic E-state index is 0. The Morgan fingerprint density at radius 3 is 1.64 bits per heavy atom. The number of benzene rings is 3. The number of nitrogens with zero attached hydrogens (tertiary/aromatic N) is 2. The Morgan fingerprint density at radius 2 is 1.21 bits per heavy atom. The van der Waals surface area contributed by atoms with E-state index in [1.807, 2.05) is 54.6 Å². The molecule has 0 radical (unpaired) electrons. The highest BCUT2D eigenvalue weighted by molar-refractivity contribution is 9.10. The van der Waals surface area contributed by atoms with Crippen LogP contribution in [-0.2, 0) is 22.4 Å². The molecule has 0 spiro atoms. The zero-order valence-corrected chi connectivity index (χ0v) is 27.4. The van der Waals surface area contributed by atoms with E-state index in [-0.39, 0.29) is 56.7 Å². The molecule has 0 aliphatic carbocycles. The number of hydrogen-bond donors (Lipinski definition) is 2. The summed E-state index contributed by atoms with van der Waals surface area (Å²) in [6.45, 7) is 3.28. The predicted octanol–water partition coefficient (Wildman–Crippen LogP) is 5.46. The van der Waals surface area contributed by atoms with Crippen molar-refractivity contribution in [2.75, 3.05) is 0 Å². The molecule has 2 N–H and O–H groups in total. The minimum atomic E-state index is -0.749. The highest BCUT2D eigenvalue weighted by Crippen LogP contribution is 2.26. The van der Waals surface area contributed by atoms with Gasteiger partial charge >= 0.3 is 14.1 Å². The molecule has 12 heteroatoms. The van der Waals surface area contributed by atoms with Crippen LogP contribution in [0, 0.1) is 5.82 Å². The minimum Gasteiger partial charge on any atom is -0.432 e. The predicted molar refractivity (Wildman–Crippen MR) is 182 cm³/mol. The van der Waals surface area contributed by atoms with Crippen LogP contribution in [-0.4, -0.2) is 57.7 Å². The summed E-state index contributed by atoms with van der Waals surface area (Å²) in [5.74, 6) is -0.174.